The van der Waals surface area contributed by atoms with Crippen LogP contribution in [0.1, 0.15) is 20.3 Å². The summed E-state index contributed by atoms with van der Waals surface area (Å²) in [6.45, 7) is 5.38. The predicted molar refractivity (Wildman–Crippen MR) is 61.7 cm³/mol. The summed E-state index contributed by atoms with van der Waals surface area (Å²) >= 11 is 7.53. The highest BCUT2D eigenvalue weighted by Gasteiger charge is 2.46. The maximum absolute atomic E-state index is 5.64. The third-order valence-corrected chi connectivity index (χ3v) is 6.42. The lowest BCUT2D eigenvalue weighted by atomic mass is 9.74. The van der Waals surface area contributed by atoms with Crippen LogP contribution in [-0.2, 0) is 4.74 Å². The molecule has 2 aliphatic rings. The van der Waals surface area contributed by atoms with Crippen LogP contribution in [0.2, 0.25) is 0 Å². The van der Waals surface area contributed by atoms with Gasteiger partial charge in [-0.05, 0) is 17.4 Å². The Morgan fingerprint density at radius 1 is 1.46 bits per heavy atom. The van der Waals surface area contributed by atoms with E-state index in [9.17, 15) is 0 Å². The van der Waals surface area contributed by atoms with Gasteiger partial charge in [0, 0.05) is 9.65 Å². The molecule has 1 fully saturated rings. The highest BCUT2D eigenvalue weighted by Crippen LogP contribution is 2.48. The van der Waals surface area contributed by atoms with E-state index >= 15 is 0 Å². The molecule has 0 amide bonds. The first kappa shape index (κ1) is 10.2. The monoisotopic (exact) mass is 308 g/mol. The van der Waals surface area contributed by atoms with Gasteiger partial charge in [0.05, 0.1) is 12.7 Å². The predicted octanol–water partition coefficient (Wildman–Crippen LogP) is 3.27. The first-order valence-corrected chi connectivity index (χ1v) is 6.46. The Labute approximate surface area is 96.2 Å². The fourth-order valence-corrected chi connectivity index (χ4v) is 3.80. The standard InChI is InChI=1S/C10H14Br2O/c1-10(2)8(11)5-7-6(9(10)12)3-4-13-7/h3,7-9H,4-5H2,1-2H3/t7-,8+,9-/m0/s1. The third kappa shape index (κ3) is 1.53. The van der Waals surface area contributed by atoms with Crippen LogP contribution >= 0.6 is 31.9 Å². The minimum Gasteiger partial charge on any atom is -0.370 e. The third-order valence-electron chi connectivity index (χ3n) is 3.16. The molecule has 0 aromatic carbocycles. The van der Waals surface area contributed by atoms with Crippen LogP contribution in [0.25, 0.3) is 0 Å². The van der Waals surface area contributed by atoms with Crippen LogP contribution in [0.3, 0.4) is 0 Å². The fourth-order valence-electron chi connectivity index (χ4n) is 2.04. The zero-order chi connectivity index (χ0) is 9.64. The largest absolute Gasteiger partial charge is 0.370 e. The van der Waals surface area contributed by atoms with Crippen LogP contribution < -0.4 is 0 Å². The van der Waals surface area contributed by atoms with Gasteiger partial charge in [0.25, 0.3) is 0 Å². The summed E-state index contributed by atoms with van der Waals surface area (Å²) in [6.07, 6.45) is 3.67. The quantitative estimate of drug-likeness (QED) is 0.493. The zero-order valence-corrected chi connectivity index (χ0v) is 11.1. The zero-order valence-electron chi connectivity index (χ0n) is 7.89. The highest BCUT2D eigenvalue weighted by atomic mass is 79.9. The van der Waals surface area contributed by atoms with Crippen LogP contribution in [0, 0.1) is 5.41 Å². The van der Waals surface area contributed by atoms with Crippen molar-refractivity contribution in [3.8, 4) is 0 Å². The number of halogens is 2. The van der Waals surface area contributed by atoms with Crippen molar-refractivity contribution < 1.29 is 4.74 Å². The van der Waals surface area contributed by atoms with Crippen molar-refractivity contribution in [2.24, 2.45) is 5.41 Å². The van der Waals surface area contributed by atoms with Crippen molar-refractivity contribution in [2.45, 2.75) is 36.0 Å². The topological polar surface area (TPSA) is 9.23 Å². The lowest BCUT2D eigenvalue weighted by Crippen LogP contribution is -2.44. The van der Waals surface area contributed by atoms with E-state index in [1.807, 2.05) is 0 Å². The molecule has 0 unspecified atom stereocenters. The fraction of sp³-hybridized carbons (Fsp3) is 0.800. The highest BCUT2D eigenvalue weighted by molar-refractivity contribution is 9.10. The van der Waals surface area contributed by atoms with E-state index in [2.05, 4.69) is 51.8 Å². The average Bonchev–Trinajstić information content (AvgIpc) is 2.49. The van der Waals surface area contributed by atoms with Gasteiger partial charge in [-0.1, -0.05) is 51.8 Å². The van der Waals surface area contributed by atoms with E-state index in [1.165, 1.54) is 5.57 Å². The van der Waals surface area contributed by atoms with Crippen molar-refractivity contribution in [2.75, 3.05) is 6.61 Å². The Morgan fingerprint density at radius 3 is 2.85 bits per heavy atom. The van der Waals surface area contributed by atoms with Gasteiger partial charge in [0.2, 0.25) is 0 Å². The average molecular weight is 310 g/mol. The van der Waals surface area contributed by atoms with Gasteiger partial charge in [-0.15, -0.1) is 0 Å². The maximum atomic E-state index is 5.64. The Hall–Kier alpha value is 0.660. The molecule has 1 saturated carbocycles. The molecule has 0 aromatic heterocycles. The summed E-state index contributed by atoms with van der Waals surface area (Å²) in [6, 6.07) is 0. The summed E-state index contributed by atoms with van der Waals surface area (Å²) in [5.74, 6) is 0. The van der Waals surface area contributed by atoms with Crippen molar-refractivity contribution in [3.05, 3.63) is 11.6 Å². The molecule has 0 aromatic rings. The van der Waals surface area contributed by atoms with Gasteiger partial charge in [0.1, 0.15) is 0 Å². The molecule has 1 aliphatic carbocycles. The molecule has 74 valence electrons. The van der Waals surface area contributed by atoms with Gasteiger partial charge < -0.3 is 4.74 Å². The Balaban J connectivity index is 2.28. The van der Waals surface area contributed by atoms with E-state index in [4.69, 9.17) is 4.74 Å². The Bertz CT molecular complexity index is 247. The number of alkyl halides is 2. The summed E-state index contributed by atoms with van der Waals surface area (Å²) in [5.41, 5.74) is 1.72. The lowest BCUT2D eigenvalue weighted by Gasteiger charge is -2.43. The number of fused-ring (bicyclic) bond motifs is 1. The first-order chi connectivity index (χ1) is 6.03. The number of hydrogen-bond acceptors (Lipinski definition) is 1. The second-order valence-corrected chi connectivity index (χ2v) is 6.43. The molecular weight excluding hydrogens is 296 g/mol. The second kappa shape index (κ2) is 3.35. The molecule has 0 saturated heterocycles. The maximum Gasteiger partial charge on any atom is 0.0812 e. The van der Waals surface area contributed by atoms with E-state index in [-0.39, 0.29) is 5.41 Å². The molecule has 3 atom stereocenters. The molecule has 2 rings (SSSR count). The number of hydrogen-bond donors (Lipinski definition) is 0. The second-order valence-electron chi connectivity index (χ2n) is 4.41. The van der Waals surface area contributed by atoms with Crippen LogP contribution in [-0.4, -0.2) is 22.4 Å². The van der Waals surface area contributed by atoms with Crippen molar-refractivity contribution in [1.29, 1.82) is 0 Å². The molecule has 0 radical (unpaired) electrons. The lowest BCUT2D eigenvalue weighted by molar-refractivity contribution is 0.0875. The molecule has 1 heterocycles. The first-order valence-electron chi connectivity index (χ1n) is 4.63. The SMILES string of the molecule is CC1(C)[C@H](Br)C[C@@H]2OCC=C2[C@@H]1Br. The minimum atomic E-state index is 0.274. The van der Waals surface area contributed by atoms with Gasteiger partial charge in [0.15, 0.2) is 0 Å². The molecule has 0 spiro atoms. The van der Waals surface area contributed by atoms with E-state index in [1.54, 1.807) is 0 Å². The minimum absolute atomic E-state index is 0.274. The number of rotatable bonds is 0. The van der Waals surface area contributed by atoms with Crippen molar-refractivity contribution >= 4 is 31.9 Å². The molecular formula is C10H14Br2O. The van der Waals surface area contributed by atoms with Gasteiger partial charge in [-0.3, -0.25) is 0 Å². The van der Waals surface area contributed by atoms with Gasteiger partial charge in [-0.25, -0.2) is 0 Å². The Kier molecular flexibility index (Phi) is 2.63. The van der Waals surface area contributed by atoms with Crippen LogP contribution in [0.4, 0.5) is 0 Å². The summed E-state index contributed by atoms with van der Waals surface area (Å²) in [7, 11) is 0. The normalized spacial score (nSPS) is 42.8. The van der Waals surface area contributed by atoms with Crippen molar-refractivity contribution in [1.82, 2.24) is 0 Å². The smallest absolute Gasteiger partial charge is 0.0812 e. The van der Waals surface area contributed by atoms with E-state index < -0.39 is 0 Å². The molecule has 1 nitrogen and oxygen atoms in total. The van der Waals surface area contributed by atoms with Gasteiger partial charge >= 0.3 is 0 Å². The van der Waals surface area contributed by atoms with Crippen molar-refractivity contribution in [3.63, 3.8) is 0 Å². The summed E-state index contributed by atoms with van der Waals surface area (Å²) < 4.78 is 5.64. The van der Waals surface area contributed by atoms with Crippen LogP contribution in [0.15, 0.2) is 11.6 Å². The molecule has 0 bridgehead atoms. The summed E-state index contributed by atoms with van der Waals surface area (Å²) in [4.78, 5) is 0.982. The van der Waals surface area contributed by atoms with Crippen LogP contribution in [0.5, 0.6) is 0 Å². The Morgan fingerprint density at radius 2 is 2.15 bits per heavy atom. The molecule has 13 heavy (non-hydrogen) atoms. The van der Waals surface area contributed by atoms with Gasteiger partial charge in [-0.2, -0.15) is 0 Å². The van der Waals surface area contributed by atoms with E-state index in [0.29, 0.717) is 15.8 Å². The number of ether oxygens (including phenoxy) is 1. The summed E-state index contributed by atoms with van der Waals surface area (Å²) in [5, 5.41) is 0. The molecule has 1 aliphatic heterocycles. The van der Waals surface area contributed by atoms with E-state index in [0.717, 1.165) is 13.0 Å². The molecule has 0 N–H and O–H groups in total. The molecule has 3 heteroatoms.